The molecule has 1 N–H and O–H groups in total. The minimum Gasteiger partial charge on any atom is -0.493 e. The smallest absolute Gasteiger partial charge is 0.254 e. The third kappa shape index (κ3) is 4.65. The first-order valence-electron chi connectivity index (χ1n) is 14.0. The normalized spacial score (nSPS) is 20.8. The number of aromatic nitrogens is 1. The summed E-state index contributed by atoms with van der Waals surface area (Å²) in [6, 6.07) is 14.0. The Balaban J connectivity index is 1.57. The molecule has 0 saturated carbocycles. The molecule has 1 saturated heterocycles. The highest BCUT2D eigenvalue weighted by Gasteiger charge is 2.56. The van der Waals surface area contributed by atoms with E-state index in [2.05, 4.69) is 18.0 Å². The number of fused-ring (bicyclic) bond motifs is 5. The summed E-state index contributed by atoms with van der Waals surface area (Å²) in [4.78, 5) is 34.9. The summed E-state index contributed by atoms with van der Waals surface area (Å²) in [6.07, 6.45) is 2.81. The van der Waals surface area contributed by atoms with E-state index in [0.29, 0.717) is 44.2 Å². The fourth-order valence-corrected chi connectivity index (χ4v) is 6.11. The van der Waals surface area contributed by atoms with Crippen LogP contribution in [0.5, 0.6) is 11.5 Å². The number of H-pyrrole nitrogens is 1. The highest BCUT2D eigenvalue weighted by Crippen LogP contribution is 2.50. The Kier molecular flexibility index (Phi) is 7.84. The lowest BCUT2D eigenvalue weighted by molar-refractivity contribution is -0.166. The van der Waals surface area contributed by atoms with Crippen molar-refractivity contribution in [3.8, 4) is 11.5 Å². The highest BCUT2D eigenvalue weighted by molar-refractivity contribution is 6.01. The highest BCUT2D eigenvalue weighted by atomic mass is 16.5. The average molecular weight is 534 g/mol. The molecule has 1 fully saturated rings. The second kappa shape index (κ2) is 11.3. The number of carbonyl (C=O) groups is 2. The molecule has 0 aliphatic carbocycles. The van der Waals surface area contributed by atoms with Crippen molar-refractivity contribution >= 4 is 22.7 Å². The monoisotopic (exact) mass is 533 g/mol. The first-order chi connectivity index (χ1) is 18.9. The van der Waals surface area contributed by atoms with Crippen molar-refractivity contribution in [1.82, 2.24) is 14.8 Å². The molecule has 3 heterocycles. The summed E-state index contributed by atoms with van der Waals surface area (Å²) in [5, 5.41) is 1.05. The fourth-order valence-electron chi connectivity index (χ4n) is 6.11. The summed E-state index contributed by atoms with van der Waals surface area (Å²) in [5.74, 6) is 1.01. The van der Waals surface area contributed by atoms with Gasteiger partial charge in [-0.2, -0.15) is 0 Å². The molecule has 2 amide bonds. The van der Waals surface area contributed by atoms with E-state index in [0.717, 1.165) is 47.2 Å². The number of methoxy groups -OCH3 is 1. The number of nitrogens with zero attached hydrogens (tertiary/aromatic N) is 2. The van der Waals surface area contributed by atoms with Crippen LogP contribution < -0.4 is 9.47 Å². The molecule has 2 atom stereocenters. The number of rotatable bonds is 11. The van der Waals surface area contributed by atoms with Crippen molar-refractivity contribution < 1.29 is 23.8 Å². The van der Waals surface area contributed by atoms with E-state index in [1.807, 2.05) is 50.2 Å². The van der Waals surface area contributed by atoms with E-state index in [1.54, 1.807) is 16.9 Å². The van der Waals surface area contributed by atoms with Gasteiger partial charge in [-0.3, -0.25) is 9.59 Å². The number of hydrogen-bond acceptors (Lipinski definition) is 5. The molecule has 0 spiro atoms. The van der Waals surface area contributed by atoms with E-state index >= 15 is 0 Å². The van der Waals surface area contributed by atoms with Crippen LogP contribution in [0, 0.1) is 0 Å². The van der Waals surface area contributed by atoms with Crippen LogP contribution in [0.1, 0.15) is 62.8 Å². The van der Waals surface area contributed by atoms with Crippen LogP contribution >= 0.6 is 0 Å². The summed E-state index contributed by atoms with van der Waals surface area (Å²) < 4.78 is 17.5. The Bertz CT molecular complexity index is 1350. The molecule has 2 aliphatic rings. The Morgan fingerprint density at radius 3 is 2.62 bits per heavy atom. The van der Waals surface area contributed by atoms with Gasteiger partial charge in [0.25, 0.3) is 5.91 Å². The van der Waals surface area contributed by atoms with Crippen LogP contribution in [0.25, 0.3) is 10.9 Å². The number of unbranched alkanes of at least 4 members (excludes halogenated alkanes) is 1. The number of piperazine rings is 1. The quantitative estimate of drug-likeness (QED) is 0.358. The van der Waals surface area contributed by atoms with Crippen LogP contribution in [0.4, 0.5) is 0 Å². The molecule has 8 heteroatoms. The molecule has 8 nitrogen and oxygen atoms in total. The van der Waals surface area contributed by atoms with E-state index in [4.69, 9.17) is 14.2 Å². The minimum absolute atomic E-state index is 0.0563. The zero-order valence-corrected chi connectivity index (χ0v) is 23.4. The molecule has 1 aromatic heterocycles. The maximum atomic E-state index is 14.2. The predicted molar refractivity (Wildman–Crippen MR) is 150 cm³/mol. The zero-order chi connectivity index (χ0) is 27.6. The van der Waals surface area contributed by atoms with Crippen molar-refractivity contribution in [3.05, 3.63) is 59.3 Å². The van der Waals surface area contributed by atoms with Gasteiger partial charge in [-0.05, 0) is 44.4 Å². The number of nitrogens with one attached hydrogen (secondary N) is 1. The summed E-state index contributed by atoms with van der Waals surface area (Å²) in [5.41, 5.74) is 2.56. The lowest BCUT2D eigenvalue weighted by atomic mass is 9.76. The first kappa shape index (κ1) is 27.1. The molecule has 2 aromatic carbocycles. The summed E-state index contributed by atoms with van der Waals surface area (Å²) in [7, 11) is 1.63. The first-order valence-corrected chi connectivity index (χ1v) is 14.0. The molecule has 0 radical (unpaired) electrons. The maximum Gasteiger partial charge on any atom is 0.254 e. The fraction of sp³-hybridized carbons (Fsp3) is 0.484. The van der Waals surface area contributed by atoms with Crippen molar-refractivity contribution in [3.63, 3.8) is 0 Å². The van der Waals surface area contributed by atoms with Gasteiger partial charge in [-0.1, -0.05) is 43.7 Å². The Hall–Kier alpha value is -3.52. The number of benzene rings is 2. The van der Waals surface area contributed by atoms with Crippen LogP contribution in [0.15, 0.2) is 42.5 Å². The average Bonchev–Trinajstić information content (AvgIpc) is 3.34. The van der Waals surface area contributed by atoms with Crippen LogP contribution in [-0.2, 0) is 19.9 Å². The van der Waals surface area contributed by atoms with Crippen molar-refractivity contribution in [2.75, 3.05) is 46.6 Å². The van der Waals surface area contributed by atoms with Gasteiger partial charge < -0.3 is 29.0 Å². The number of carbonyl (C=O) groups excluding carboxylic acids is 2. The zero-order valence-electron chi connectivity index (χ0n) is 23.4. The van der Waals surface area contributed by atoms with E-state index < -0.39 is 5.54 Å². The Labute approximate surface area is 230 Å². The molecular weight excluding hydrogens is 494 g/mol. The summed E-state index contributed by atoms with van der Waals surface area (Å²) in [6.45, 7) is 8.68. The van der Waals surface area contributed by atoms with Crippen molar-refractivity contribution in [2.24, 2.45) is 0 Å². The number of aromatic amines is 1. The molecule has 5 rings (SSSR count). The topological polar surface area (TPSA) is 84.1 Å². The van der Waals surface area contributed by atoms with Crippen molar-refractivity contribution in [2.45, 2.75) is 51.5 Å². The second-order valence-electron chi connectivity index (χ2n) is 10.4. The lowest BCUT2D eigenvalue weighted by Gasteiger charge is -2.51. The number of amides is 2. The number of para-hydroxylation sites is 2. The van der Waals surface area contributed by atoms with E-state index in [1.165, 1.54) is 0 Å². The lowest BCUT2D eigenvalue weighted by Crippen LogP contribution is -2.67. The van der Waals surface area contributed by atoms with Crippen LogP contribution in [-0.4, -0.2) is 73.2 Å². The van der Waals surface area contributed by atoms with Gasteiger partial charge in [0.05, 0.1) is 26.0 Å². The standard InChI is InChI=1S/C31H39N3O5/c1-5-7-17-38-18-11-16-33-20-26(35)34-19-23(21-13-10-15-25(37-4)28(21)39-6-2)27-22-12-8-9-14-24(22)32-29(27)31(34,3)30(33)36/h8-10,12-15,23,32H,5-7,11,16-20H2,1-4H3/t23?,31-/m0/s1. The minimum atomic E-state index is -1.13. The van der Waals surface area contributed by atoms with Gasteiger partial charge in [0.15, 0.2) is 17.0 Å². The Morgan fingerprint density at radius 1 is 1.05 bits per heavy atom. The van der Waals surface area contributed by atoms with Crippen LogP contribution in [0.2, 0.25) is 0 Å². The molecule has 208 valence electrons. The molecule has 1 unspecified atom stereocenters. The predicted octanol–water partition coefficient (Wildman–Crippen LogP) is 4.81. The van der Waals surface area contributed by atoms with E-state index in [-0.39, 0.29) is 24.3 Å². The van der Waals surface area contributed by atoms with Gasteiger partial charge >= 0.3 is 0 Å². The molecule has 0 bridgehead atoms. The van der Waals surface area contributed by atoms with Gasteiger partial charge in [0.2, 0.25) is 5.91 Å². The van der Waals surface area contributed by atoms with Crippen LogP contribution in [0.3, 0.4) is 0 Å². The summed E-state index contributed by atoms with van der Waals surface area (Å²) >= 11 is 0. The molecule has 3 aromatic rings. The molecule has 39 heavy (non-hydrogen) atoms. The third-order valence-electron chi connectivity index (χ3n) is 8.07. The Morgan fingerprint density at radius 2 is 1.85 bits per heavy atom. The van der Waals surface area contributed by atoms with Gasteiger partial charge in [0, 0.05) is 48.7 Å². The largest absolute Gasteiger partial charge is 0.493 e. The SMILES string of the molecule is CCCCOCCCN1CC(=O)N2CC(c3cccc(OC)c3OCC)c3c([nH]c4ccccc34)[C@@]2(C)C1=O. The molecule has 2 aliphatic heterocycles. The third-order valence-corrected chi connectivity index (χ3v) is 8.07. The van der Waals surface area contributed by atoms with Gasteiger partial charge in [-0.15, -0.1) is 0 Å². The van der Waals surface area contributed by atoms with E-state index in [9.17, 15) is 9.59 Å². The molecular formula is C31H39N3O5. The number of ether oxygens (including phenoxy) is 3. The second-order valence-corrected chi connectivity index (χ2v) is 10.4. The maximum absolute atomic E-state index is 14.2. The van der Waals surface area contributed by atoms with Crippen molar-refractivity contribution in [1.29, 1.82) is 0 Å². The van der Waals surface area contributed by atoms with Gasteiger partial charge in [0.1, 0.15) is 0 Å². The van der Waals surface area contributed by atoms with Gasteiger partial charge in [-0.25, -0.2) is 0 Å². The number of hydrogen-bond donors (Lipinski definition) is 1.